The lowest BCUT2D eigenvalue weighted by Crippen LogP contribution is -2.60. The van der Waals surface area contributed by atoms with E-state index < -0.39 is 23.8 Å². The van der Waals surface area contributed by atoms with Gasteiger partial charge in [0.15, 0.2) is 0 Å². The van der Waals surface area contributed by atoms with Gasteiger partial charge >= 0.3 is 0 Å². The van der Waals surface area contributed by atoms with E-state index in [0.717, 1.165) is 30.1 Å². The van der Waals surface area contributed by atoms with E-state index >= 15 is 0 Å². The number of carbonyl (C=O) groups is 4. The van der Waals surface area contributed by atoms with Crippen molar-refractivity contribution in [3.63, 3.8) is 0 Å². The lowest BCUT2D eigenvalue weighted by molar-refractivity contribution is -0.136. The third-order valence-electron chi connectivity index (χ3n) is 7.07. The van der Waals surface area contributed by atoms with E-state index in [9.17, 15) is 19.2 Å². The minimum atomic E-state index is -0.933. The molecule has 1 aromatic rings. The molecular weight excluding hydrogens is 410 g/mol. The fraction of sp³-hybridized carbons (Fsp3) is 0.565. The van der Waals surface area contributed by atoms with Crippen molar-refractivity contribution >= 4 is 23.6 Å². The van der Waals surface area contributed by atoms with Crippen LogP contribution in [0, 0.1) is 0 Å². The molecule has 0 saturated carbocycles. The predicted octanol–water partition coefficient (Wildman–Crippen LogP) is 0.00370. The SMILES string of the molecule is O=C1CCC(N2C(=O)c3ccc(CNCC4CN5CCCCC5CN4)cc3C2=O)C(=O)N1. The van der Waals surface area contributed by atoms with E-state index in [1.54, 1.807) is 12.1 Å². The number of carbonyl (C=O) groups excluding carboxylic acids is 4. The highest BCUT2D eigenvalue weighted by Crippen LogP contribution is 2.28. The zero-order valence-corrected chi connectivity index (χ0v) is 18.1. The van der Waals surface area contributed by atoms with Gasteiger partial charge in [0.2, 0.25) is 11.8 Å². The number of piperidine rings is 2. The largest absolute Gasteiger partial charge is 0.311 e. The van der Waals surface area contributed by atoms with Gasteiger partial charge in [-0.3, -0.25) is 34.3 Å². The molecule has 0 radical (unpaired) electrons. The van der Waals surface area contributed by atoms with Gasteiger partial charge in [-0.05, 0) is 43.5 Å². The number of amides is 4. The highest BCUT2D eigenvalue weighted by atomic mass is 16.2. The highest BCUT2D eigenvalue weighted by molar-refractivity contribution is 6.23. The molecule has 5 rings (SSSR count). The number of nitrogens with zero attached hydrogens (tertiary/aromatic N) is 2. The Morgan fingerprint density at radius 2 is 1.88 bits per heavy atom. The maximum atomic E-state index is 12.9. The van der Waals surface area contributed by atoms with Gasteiger partial charge in [0, 0.05) is 44.7 Å². The van der Waals surface area contributed by atoms with Crippen LogP contribution in [0.5, 0.6) is 0 Å². The summed E-state index contributed by atoms with van der Waals surface area (Å²) in [4.78, 5) is 52.9. The van der Waals surface area contributed by atoms with Gasteiger partial charge in [-0.15, -0.1) is 0 Å². The first-order valence-corrected chi connectivity index (χ1v) is 11.5. The lowest BCUT2D eigenvalue weighted by atomic mass is 9.98. The Morgan fingerprint density at radius 3 is 2.72 bits per heavy atom. The van der Waals surface area contributed by atoms with Crippen LogP contribution in [0.3, 0.4) is 0 Å². The molecule has 4 amide bonds. The van der Waals surface area contributed by atoms with Crippen LogP contribution in [0.15, 0.2) is 18.2 Å². The first kappa shape index (κ1) is 21.2. The van der Waals surface area contributed by atoms with Gasteiger partial charge in [0.05, 0.1) is 11.1 Å². The van der Waals surface area contributed by atoms with Gasteiger partial charge < -0.3 is 10.6 Å². The van der Waals surface area contributed by atoms with E-state index in [2.05, 4.69) is 20.9 Å². The summed E-state index contributed by atoms with van der Waals surface area (Å²) in [6.07, 6.45) is 4.18. The minimum absolute atomic E-state index is 0.117. The topological polar surface area (TPSA) is 111 Å². The average molecular weight is 440 g/mol. The van der Waals surface area contributed by atoms with Gasteiger partial charge in [-0.2, -0.15) is 0 Å². The van der Waals surface area contributed by atoms with Crippen LogP contribution >= 0.6 is 0 Å². The second-order valence-corrected chi connectivity index (χ2v) is 9.21. The standard InChI is InChI=1S/C23H29N5O4/c29-20-7-6-19(21(30)26-20)28-22(31)17-5-4-14(9-18(17)23(28)32)10-24-11-15-13-27-8-2-1-3-16(27)12-25-15/h4-5,9,15-16,19,24-25H,1-3,6-8,10-13H2,(H,26,29,30). The molecule has 4 heterocycles. The van der Waals surface area contributed by atoms with Gasteiger partial charge in [0.1, 0.15) is 6.04 Å². The molecule has 3 atom stereocenters. The van der Waals surface area contributed by atoms with Crippen molar-refractivity contribution in [1.82, 2.24) is 25.8 Å². The Balaban J connectivity index is 1.19. The van der Waals surface area contributed by atoms with E-state index in [-0.39, 0.29) is 18.7 Å². The average Bonchev–Trinajstić information content (AvgIpc) is 3.03. The quantitative estimate of drug-likeness (QED) is 0.554. The first-order chi connectivity index (χ1) is 15.5. The van der Waals surface area contributed by atoms with Crippen molar-refractivity contribution in [3.8, 4) is 0 Å². The van der Waals surface area contributed by atoms with E-state index in [1.807, 2.05) is 6.07 Å². The molecule has 4 aliphatic rings. The summed E-state index contributed by atoms with van der Waals surface area (Å²) in [6.45, 7) is 4.70. The molecule has 9 nitrogen and oxygen atoms in total. The number of piperazine rings is 1. The second kappa shape index (κ2) is 8.73. The van der Waals surface area contributed by atoms with Crippen molar-refractivity contribution in [2.75, 3.05) is 26.2 Å². The number of rotatable bonds is 5. The van der Waals surface area contributed by atoms with Crippen molar-refractivity contribution in [2.45, 2.75) is 56.8 Å². The number of benzene rings is 1. The fourth-order valence-electron chi connectivity index (χ4n) is 5.34. The molecule has 0 spiro atoms. The number of hydrogen-bond donors (Lipinski definition) is 3. The smallest absolute Gasteiger partial charge is 0.262 e. The summed E-state index contributed by atoms with van der Waals surface area (Å²) in [7, 11) is 0. The molecule has 3 saturated heterocycles. The van der Waals surface area contributed by atoms with Crippen LogP contribution in [-0.2, 0) is 16.1 Å². The Hall–Kier alpha value is -2.62. The van der Waals surface area contributed by atoms with Gasteiger partial charge in [0.25, 0.3) is 11.8 Å². The Bertz CT molecular complexity index is 964. The number of fused-ring (bicyclic) bond motifs is 2. The summed E-state index contributed by atoms with van der Waals surface area (Å²) < 4.78 is 0. The van der Waals surface area contributed by atoms with Crippen molar-refractivity contribution in [2.24, 2.45) is 0 Å². The molecule has 3 unspecified atom stereocenters. The first-order valence-electron chi connectivity index (χ1n) is 11.5. The Labute approximate surface area is 186 Å². The summed E-state index contributed by atoms with van der Waals surface area (Å²) >= 11 is 0. The molecule has 0 bridgehead atoms. The second-order valence-electron chi connectivity index (χ2n) is 9.21. The molecular formula is C23H29N5O4. The molecule has 0 aromatic heterocycles. The van der Waals surface area contributed by atoms with Crippen molar-refractivity contribution in [1.29, 1.82) is 0 Å². The van der Waals surface area contributed by atoms with Crippen LogP contribution in [-0.4, -0.2) is 77.7 Å². The number of nitrogens with one attached hydrogen (secondary N) is 3. The van der Waals surface area contributed by atoms with Crippen LogP contribution in [0.2, 0.25) is 0 Å². The van der Waals surface area contributed by atoms with E-state index in [0.29, 0.717) is 29.8 Å². The maximum Gasteiger partial charge on any atom is 0.262 e. The number of imide groups is 2. The van der Waals surface area contributed by atoms with Crippen LogP contribution < -0.4 is 16.0 Å². The van der Waals surface area contributed by atoms with E-state index in [4.69, 9.17) is 0 Å². The highest BCUT2D eigenvalue weighted by Gasteiger charge is 2.44. The fourth-order valence-corrected chi connectivity index (χ4v) is 5.34. The molecule has 1 aromatic carbocycles. The van der Waals surface area contributed by atoms with Crippen LogP contribution in [0.4, 0.5) is 0 Å². The zero-order chi connectivity index (χ0) is 22.2. The van der Waals surface area contributed by atoms with Gasteiger partial charge in [-0.25, -0.2) is 0 Å². The predicted molar refractivity (Wildman–Crippen MR) is 116 cm³/mol. The molecule has 0 aliphatic carbocycles. The Kier molecular flexibility index (Phi) is 5.79. The monoisotopic (exact) mass is 439 g/mol. The van der Waals surface area contributed by atoms with Gasteiger partial charge in [-0.1, -0.05) is 12.5 Å². The van der Waals surface area contributed by atoms with Crippen molar-refractivity contribution in [3.05, 3.63) is 34.9 Å². The molecule has 9 heteroatoms. The molecule has 3 N–H and O–H groups in total. The summed E-state index contributed by atoms with van der Waals surface area (Å²) in [5.74, 6) is -1.90. The number of hydrogen-bond acceptors (Lipinski definition) is 7. The molecule has 4 aliphatic heterocycles. The normalized spacial score (nSPS) is 28.5. The summed E-state index contributed by atoms with van der Waals surface area (Å²) in [5, 5.41) is 9.33. The Morgan fingerprint density at radius 1 is 1.03 bits per heavy atom. The molecule has 32 heavy (non-hydrogen) atoms. The third kappa shape index (κ3) is 3.96. The third-order valence-corrected chi connectivity index (χ3v) is 7.07. The minimum Gasteiger partial charge on any atom is -0.311 e. The van der Waals surface area contributed by atoms with E-state index in [1.165, 1.54) is 25.8 Å². The zero-order valence-electron chi connectivity index (χ0n) is 18.1. The molecule has 170 valence electrons. The lowest BCUT2D eigenvalue weighted by Gasteiger charge is -2.43. The summed E-state index contributed by atoms with van der Waals surface area (Å²) in [5.41, 5.74) is 1.56. The van der Waals surface area contributed by atoms with Crippen molar-refractivity contribution < 1.29 is 19.2 Å². The molecule has 3 fully saturated rings. The van der Waals surface area contributed by atoms with Crippen LogP contribution in [0.1, 0.15) is 58.4 Å². The summed E-state index contributed by atoms with van der Waals surface area (Å²) in [6, 6.07) is 5.38. The van der Waals surface area contributed by atoms with Crippen LogP contribution in [0.25, 0.3) is 0 Å². The maximum absolute atomic E-state index is 12.9.